The van der Waals surface area contributed by atoms with Crippen molar-refractivity contribution in [2.24, 2.45) is 5.92 Å². The molecular weight excluding hydrogens is 274 g/mol. The lowest BCUT2D eigenvalue weighted by Gasteiger charge is -2.37. The van der Waals surface area contributed by atoms with E-state index in [-0.39, 0.29) is 0 Å². The molecule has 0 aliphatic carbocycles. The number of piperidine rings is 1. The summed E-state index contributed by atoms with van der Waals surface area (Å²) in [4.78, 5) is 2.79. The van der Waals surface area contributed by atoms with Crippen molar-refractivity contribution in [3.63, 3.8) is 0 Å². The third-order valence-corrected chi connectivity index (χ3v) is 4.69. The molecule has 0 aromatic carbocycles. The van der Waals surface area contributed by atoms with Gasteiger partial charge in [0.1, 0.15) is 0 Å². The van der Waals surface area contributed by atoms with Crippen LogP contribution in [0, 0.1) is 5.92 Å². The number of likely N-dealkylation sites (tertiary alicyclic amines) is 1. The van der Waals surface area contributed by atoms with Crippen LogP contribution in [-0.4, -0.2) is 29.4 Å². The molecule has 1 rings (SSSR count). The Hall–Kier alpha value is 0.440. The molecule has 1 aliphatic heterocycles. The van der Waals surface area contributed by atoms with Gasteiger partial charge < -0.3 is 4.90 Å². The number of alkyl halides is 1. The summed E-state index contributed by atoms with van der Waals surface area (Å²) in [5.41, 5.74) is 0. The molecule has 1 nitrogen and oxygen atoms in total. The van der Waals surface area contributed by atoms with Crippen molar-refractivity contribution in [2.45, 2.75) is 71.3 Å². The minimum atomic E-state index is 0.860. The molecule has 2 atom stereocenters. The molecule has 1 saturated heterocycles. The fourth-order valence-corrected chi connectivity index (χ4v) is 3.53. The third-order valence-electron chi connectivity index (χ3n) is 4.23. The Labute approximate surface area is 116 Å². The first-order chi connectivity index (χ1) is 8.31. The standard InChI is InChI=1S/C15H30BrN/c1-3-5-8-14(4-2)13-17-12-7-6-9-15(17)10-11-16/h14-15H,3-13H2,1-2H3. The van der Waals surface area contributed by atoms with Crippen molar-refractivity contribution in [1.29, 1.82) is 0 Å². The molecular formula is C15H30BrN. The molecule has 102 valence electrons. The van der Waals surface area contributed by atoms with Crippen LogP contribution in [0.1, 0.15) is 65.2 Å². The monoisotopic (exact) mass is 303 g/mol. The van der Waals surface area contributed by atoms with E-state index in [4.69, 9.17) is 0 Å². The van der Waals surface area contributed by atoms with Gasteiger partial charge >= 0.3 is 0 Å². The van der Waals surface area contributed by atoms with Gasteiger partial charge in [-0.05, 0) is 38.1 Å². The van der Waals surface area contributed by atoms with E-state index in [0.29, 0.717) is 0 Å². The zero-order chi connectivity index (χ0) is 12.5. The normalized spacial score (nSPS) is 23.8. The third kappa shape index (κ3) is 5.74. The highest BCUT2D eigenvalue weighted by molar-refractivity contribution is 9.09. The fraction of sp³-hybridized carbons (Fsp3) is 1.00. The Kier molecular flexibility index (Phi) is 8.55. The first kappa shape index (κ1) is 15.5. The lowest BCUT2D eigenvalue weighted by atomic mass is 9.94. The van der Waals surface area contributed by atoms with Crippen LogP contribution in [0.15, 0.2) is 0 Å². The molecule has 0 aromatic rings. The van der Waals surface area contributed by atoms with Crippen molar-refractivity contribution in [1.82, 2.24) is 4.90 Å². The summed E-state index contributed by atoms with van der Waals surface area (Å²) >= 11 is 3.61. The van der Waals surface area contributed by atoms with Crippen LogP contribution in [0.25, 0.3) is 0 Å². The van der Waals surface area contributed by atoms with Crippen LogP contribution in [0.2, 0.25) is 0 Å². The van der Waals surface area contributed by atoms with Gasteiger partial charge in [0.2, 0.25) is 0 Å². The molecule has 0 spiro atoms. The summed E-state index contributed by atoms with van der Waals surface area (Å²) in [7, 11) is 0. The fourth-order valence-electron chi connectivity index (χ4n) is 3.00. The zero-order valence-corrected chi connectivity index (χ0v) is 13.3. The summed E-state index contributed by atoms with van der Waals surface area (Å²) in [5.74, 6) is 0.936. The maximum Gasteiger partial charge on any atom is 0.0103 e. The van der Waals surface area contributed by atoms with Crippen LogP contribution >= 0.6 is 15.9 Å². The largest absolute Gasteiger partial charge is 0.300 e. The van der Waals surface area contributed by atoms with Gasteiger partial charge in [0, 0.05) is 17.9 Å². The molecule has 0 N–H and O–H groups in total. The summed E-state index contributed by atoms with van der Waals surface area (Å²) in [5, 5.41) is 1.17. The molecule has 0 amide bonds. The number of unbranched alkanes of at least 4 members (excludes halogenated alkanes) is 1. The average Bonchev–Trinajstić information content (AvgIpc) is 2.36. The van der Waals surface area contributed by atoms with Crippen molar-refractivity contribution < 1.29 is 0 Å². The Morgan fingerprint density at radius 3 is 2.76 bits per heavy atom. The SMILES string of the molecule is CCCCC(CC)CN1CCCCC1CCBr. The molecule has 0 bridgehead atoms. The van der Waals surface area contributed by atoms with Crippen LogP contribution in [0.5, 0.6) is 0 Å². The highest BCUT2D eigenvalue weighted by Crippen LogP contribution is 2.24. The van der Waals surface area contributed by atoms with Gasteiger partial charge in [0.15, 0.2) is 0 Å². The first-order valence-electron chi connectivity index (χ1n) is 7.61. The number of rotatable bonds is 8. The van der Waals surface area contributed by atoms with Gasteiger partial charge in [-0.15, -0.1) is 0 Å². The van der Waals surface area contributed by atoms with Crippen LogP contribution in [0.4, 0.5) is 0 Å². The van der Waals surface area contributed by atoms with Crippen LogP contribution in [-0.2, 0) is 0 Å². The molecule has 0 saturated carbocycles. The van der Waals surface area contributed by atoms with Gasteiger partial charge in [-0.3, -0.25) is 0 Å². The molecule has 2 unspecified atom stereocenters. The maximum absolute atomic E-state index is 3.61. The van der Waals surface area contributed by atoms with E-state index in [1.54, 1.807) is 0 Å². The summed E-state index contributed by atoms with van der Waals surface area (Å²) in [6, 6.07) is 0.860. The second kappa shape index (κ2) is 9.38. The molecule has 0 aromatic heterocycles. The number of nitrogens with zero attached hydrogens (tertiary/aromatic N) is 1. The van der Waals surface area contributed by atoms with Gasteiger partial charge in [-0.1, -0.05) is 55.5 Å². The van der Waals surface area contributed by atoms with Gasteiger partial charge in [0.05, 0.1) is 0 Å². The predicted molar refractivity (Wildman–Crippen MR) is 80.9 cm³/mol. The highest BCUT2D eigenvalue weighted by Gasteiger charge is 2.23. The lowest BCUT2D eigenvalue weighted by molar-refractivity contribution is 0.118. The molecule has 17 heavy (non-hydrogen) atoms. The number of halogens is 1. The van der Waals surface area contributed by atoms with E-state index < -0.39 is 0 Å². The minimum absolute atomic E-state index is 0.860. The Morgan fingerprint density at radius 2 is 2.12 bits per heavy atom. The molecule has 2 heteroatoms. The average molecular weight is 304 g/mol. The second-order valence-electron chi connectivity index (χ2n) is 5.54. The van der Waals surface area contributed by atoms with E-state index in [9.17, 15) is 0 Å². The lowest BCUT2D eigenvalue weighted by Crippen LogP contribution is -2.42. The molecule has 1 heterocycles. The van der Waals surface area contributed by atoms with E-state index in [2.05, 4.69) is 34.7 Å². The Morgan fingerprint density at radius 1 is 1.29 bits per heavy atom. The molecule has 1 aliphatic rings. The smallest absolute Gasteiger partial charge is 0.0103 e. The van der Waals surface area contributed by atoms with E-state index in [1.165, 1.54) is 69.8 Å². The van der Waals surface area contributed by atoms with Crippen LogP contribution in [0.3, 0.4) is 0 Å². The molecule has 0 radical (unpaired) electrons. The number of hydrogen-bond donors (Lipinski definition) is 0. The van der Waals surface area contributed by atoms with E-state index in [1.807, 2.05) is 0 Å². The van der Waals surface area contributed by atoms with Crippen LogP contribution < -0.4 is 0 Å². The maximum atomic E-state index is 3.61. The van der Waals surface area contributed by atoms with Crippen molar-refractivity contribution in [3.05, 3.63) is 0 Å². The Bertz CT molecular complexity index is 182. The predicted octanol–water partition coefficient (Wildman–Crippen LogP) is 4.84. The second-order valence-corrected chi connectivity index (χ2v) is 6.33. The van der Waals surface area contributed by atoms with Gasteiger partial charge in [0.25, 0.3) is 0 Å². The summed E-state index contributed by atoms with van der Waals surface area (Å²) in [6.45, 7) is 7.37. The van der Waals surface area contributed by atoms with Crippen molar-refractivity contribution >= 4 is 15.9 Å². The first-order valence-corrected chi connectivity index (χ1v) is 8.73. The van der Waals surface area contributed by atoms with Gasteiger partial charge in [-0.25, -0.2) is 0 Å². The van der Waals surface area contributed by atoms with Crippen molar-refractivity contribution in [2.75, 3.05) is 18.4 Å². The Balaban J connectivity index is 2.38. The quantitative estimate of drug-likeness (QED) is 0.580. The topological polar surface area (TPSA) is 3.24 Å². The number of hydrogen-bond acceptors (Lipinski definition) is 1. The van der Waals surface area contributed by atoms with Crippen molar-refractivity contribution in [3.8, 4) is 0 Å². The molecule has 1 fully saturated rings. The summed E-state index contributed by atoms with van der Waals surface area (Å²) < 4.78 is 0. The van der Waals surface area contributed by atoms with E-state index in [0.717, 1.165) is 12.0 Å². The zero-order valence-electron chi connectivity index (χ0n) is 11.8. The minimum Gasteiger partial charge on any atom is -0.300 e. The van der Waals surface area contributed by atoms with Gasteiger partial charge in [-0.2, -0.15) is 0 Å². The highest BCUT2D eigenvalue weighted by atomic mass is 79.9. The van der Waals surface area contributed by atoms with E-state index >= 15 is 0 Å². The summed E-state index contributed by atoms with van der Waals surface area (Å²) in [6.07, 6.45) is 11.2.